The number of phenolic OH excluding ortho intramolecular Hbond substituents is 2. The van der Waals surface area contributed by atoms with Crippen molar-refractivity contribution in [1.82, 2.24) is 4.90 Å². The molecule has 2 N–H and O–H groups in total. The molecule has 1 saturated heterocycles. The lowest BCUT2D eigenvalue weighted by Crippen LogP contribution is -2.42. The number of amides is 1. The second-order valence-corrected chi connectivity index (χ2v) is 6.24. The first kappa shape index (κ1) is 13.3. The summed E-state index contributed by atoms with van der Waals surface area (Å²) in [6.45, 7) is 1.57. The molecule has 1 aliphatic heterocycles. The number of phenols is 2. The maximum Gasteiger partial charge on any atom is 0.254 e. The van der Waals surface area contributed by atoms with E-state index in [2.05, 4.69) is 0 Å². The minimum Gasteiger partial charge on any atom is -0.508 e. The Morgan fingerprint density at radius 3 is 2.05 bits per heavy atom. The smallest absolute Gasteiger partial charge is 0.254 e. The van der Waals surface area contributed by atoms with Crippen molar-refractivity contribution in [2.45, 2.75) is 38.5 Å². The molecular formula is C16H21NO3. The number of hydrogen-bond acceptors (Lipinski definition) is 3. The molecule has 1 aromatic carbocycles. The van der Waals surface area contributed by atoms with Crippen LogP contribution in [0.4, 0.5) is 0 Å². The fourth-order valence-electron chi connectivity index (χ4n) is 3.71. The van der Waals surface area contributed by atoms with E-state index in [1.807, 2.05) is 4.90 Å². The number of piperidine rings is 1. The molecule has 3 rings (SSSR count). The largest absolute Gasteiger partial charge is 0.508 e. The summed E-state index contributed by atoms with van der Waals surface area (Å²) >= 11 is 0. The number of carbonyl (C=O) groups excluding carboxylic acids is 1. The molecule has 0 unspecified atom stereocenters. The van der Waals surface area contributed by atoms with E-state index in [1.54, 1.807) is 0 Å². The Bertz CT molecular complexity index is 490. The first-order chi connectivity index (χ1) is 9.58. The van der Waals surface area contributed by atoms with Crippen LogP contribution in [0.15, 0.2) is 18.2 Å². The van der Waals surface area contributed by atoms with Crippen LogP contribution in [0.25, 0.3) is 0 Å². The third kappa shape index (κ3) is 2.47. The zero-order valence-corrected chi connectivity index (χ0v) is 11.6. The number of carbonyl (C=O) groups is 1. The quantitative estimate of drug-likeness (QED) is 0.828. The van der Waals surface area contributed by atoms with Gasteiger partial charge in [-0.3, -0.25) is 4.79 Å². The zero-order valence-electron chi connectivity index (χ0n) is 11.6. The van der Waals surface area contributed by atoms with Gasteiger partial charge < -0.3 is 15.1 Å². The van der Waals surface area contributed by atoms with Gasteiger partial charge in [0.1, 0.15) is 11.5 Å². The van der Waals surface area contributed by atoms with Crippen LogP contribution in [-0.4, -0.2) is 34.1 Å². The number of hydrogen-bond donors (Lipinski definition) is 2. The van der Waals surface area contributed by atoms with Crippen molar-refractivity contribution in [2.24, 2.45) is 5.41 Å². The summed E-state index contributed by atoms with van der Waals surface area (Å²) in [5, 5.41) is 19.0. The minimum absolute atomic E-state index is 0.0716. The topological polar surface area (TPSA) is 60.8 Å². The molecule has 0 radical (unpaired) electrons. The molecular weight excluding hydrogens is 254 g/mol. The summed E-state index contributed by atoms with van der Waals surface area (Å²) in [5.74, 6) is -0.237. The lowest BCUT2D eigenvalue weighted by Gasteiger charge is -2.39. The van der Waals surface area contributed by atoms with Gasteiger partial charge in [-0.25, -0.2) is 0 Å². The van der Waals surface area contributed by atoms with E-state index in [9.17, 15) is 15.0 Å². The number of benzene rings is 1. The number of rotatable bonds is 1. The van der Waals surface area contributed by atoms with Crippen molar-refractivity contribution < 1.29 is 15.0 Å². The molecule has 2 fully saturated rings. The number of aromatic hydroxyl groups is 2. The van der Waals surface area contributed by atoms with Crippen molar-refractivity contribution in [2.75, 3.05) is 13.1 Å². The Balaban J connectivity index is 1.69. The number of likely N-dealkylation sites (tertiary alicyclic amines) is 1. The van der Waals surface area contributed by atoms with Crippen molar-refractivity contribution in [3.63, 3.8) is 0 Å². The third-order valence-electron chi connectivity index (χ3n) is 4.93. The standard InChI is InChI=1S/C16H21NO3/c18-13-9-12(10-14(19)11-13)15(20)17-7-5-16(6-8-17)3-1-2-4-16/h9-11,18-19H,1-8H2. The Morgan fingerprint density at radius 1 is 0.950 bits per heavy atom. The minimum atomic E-state index is -0.0935. The SMILES string of the molecule is O=C(c1cc(O)cc(O)c1)N1CCC2(CCCC2)CC1. The molecule has 20 heavy (non-hydrogen) atoms. The van der Waals surface area contributed by atoms with Crippen LogP contribution >= 0.6 is 0 Å². The predicted molar refractivity (Wildman–Crippen MR) is 75.8 cm³/mol. The first-order valence-electron chi connectivity index (χ1n) is 7.40. The summed E-state index contributed by atoms with van der Waals surface area (Å²) in [6, 6.07) is 4.07. The molecule has 0 aromatic heterocycles. The molecule has 1 amide bonds. The zero-order chi connectivity index (χ0) is 14.2. The van der Waals surface area contributed by atoms with Gasteiger partial charge >= 0.3 is 0 Å². The van der Waals surface area contributed by atoms with Crippen molar-refractivity contribution in [3.05, 3.63) is 23.8 Å². The van der Waals surface area contributed by atoms with Crippen LogP contribution in [-0.2, 0) is 0 Å². The molecule has 1 spiro atoms. The van der Waals surface area contributed by atoms with Crippen LogP contribution in [0.2, 0.25) is 0 Å². The summed E-state index contributed by atoms with van der Waals surface area (Å²) in [6.07, 6.45) is 7.44. The highest BCUT2D eigenvalue weighted by Crippen LogP contribution is 2.46. The lowest BCUT2D eigenvalue weighted by atomic mass is 9.77. The van der Waals surface area contributed by atoms with E-state index < -0.39 is 0 Å². The summed E-state index contributed by atoms with van der Waals surface area (Å²) in [4.78, 5) is 14.3. The normalized spacial score (nSPS) is 21.3. The average molecular weight is 275 g/mol. The van der Waals surface area contributed by atoms with E-state index in [4.69, 9.17) is 0 Å². The Morgan fingerprint density at radius 2 is 1.50 bits per heavy atom. The predicted octanol–water partition coefficient (Wildman–Crippen LogP) is 2.89. The molecule has 108 valence electrons. The number of nitrogens with zero attached hydrogens (tertiary/aromatic N) is 1. The fraction of sp³-hybridized carbons (Fsp3) is 0.562. The average Bonchev–Trinajstić information content (AvgIpc) is 2.86. The van der Waals surface area contributed by atoms with Crippen LogP contribution < -0.4 is 0 Å². The van der Waals surface area contributed by atoms with Gasteiger partial charge in [0.2, 0.25) is 0 Å². The van der Waals surface area contributed by atoms with Crippen LogP contribution in [0.1, 0.15) is 48.9 Å². The Hall–Kier alpha value is -1.71. The molecule has 1 aliphatic carbocycles. The summed E-state index contributed by atoms with van der Waals surface area (Å²) in [5.41, 5.74) is 0.849. The molecule has 1 saturated carbocycles. The third-order valence-corrected chi connectivity index (χ3v) is 4.93. The maximum atomic E-state index is 12.4. The molecule has 4 heteroatoms. The second kappa shape index (κ2) is 5.00. The van der Waals surface area contributed by atoms with E-state index in [-0.39, 0.29) is 17.4 Å². The summed E-state index contributed by atoms with van der Waals surface area (Å²) in [7, 11) is 0. The highest BCUT2D eigenvalue weighted by atomic mass is 16.3. The molecule has 4 nitrogen and oxygen atoms in total. The monoisotopic (exact) mass is 275 g/mol. The van der Waals surface area contributed by atoms with Crippen LogP contribution in [0, 0.1) is 5.41 Å². The van der Waals surface area contributed by atoms with Gasteiger partial charge in [0.25, 0.3) is 5.91 Å². The highest BCUT2D eigenvalue weighted by molar-refractivity contribution is 5.95. The van der Waals surface area contributed by atoms with E-state index in [0.29, 0.717) is 11.0 Å². The van der Waals surface area contributed by atoms with Gasteiger partial charge in [-0.1, -0.05) is 12.8 Å². The Kier molecular flexibility index (Phi) is 3.32. The highest BCUT2D eigenvalue weighted by Gasteiger charge is 2.38. The first-order valence-corrected chi connectivity index (χ1v) is 7.40. The van der Waals surface area contributed by atoms with Crippen LogP contribution in [0.5, 0.6) is 11.5 Å². The molecule has 1 heterocycles. The van der Waals surface area contributed by atoms with Crippen molar-refractivity contribution >= 4 is 5.91 Å². The van der Waals surface area contributed by atoms with Crippen LogP contribution in [0.3, 0.4) is 0 Å². The van der Waals surface area contributed by atoms with Gasteiger partial charge in [-0.05, 0) is 43.2 Å². The van der Waals surface area contributed by atoms with Gasteiger partial charge in [0.15, 0.2) is 0 Å². The van der Waals surface area contributed by atoms with Crippen molar-refractivity contribution in [3.8, 4) is 11.5 Å². The molecule has 0 atom stereocenters. The van der Waals surface area contributed by atoms with Gasteiger partial charge in [-0.2, -0.15) is 0 Å². The second-order valence-electron chi connectivity index (χ2n) is 6.24. The van der Waals surface area contributed by atoms with Crippen molar-refractivity contribution in [1.29, 1.82) is 0 Å². The summed E-state index contributed by atoms with van der Waals surface area (Å²) < 4.78 is 0. The van der Waals surface area contributed by atoms with E-state index in [1.165, 1.54) is 43.9 Å². The molecule has 2 aliphatic rings. The molecule has 1 aromatic rings. The fourth-order valence-corrected chi connectivity index (χ4v) is 3.71. The van der Waals surface area contributed by atoms with Gasteiger partial charge in [0, 0.05) is 24.7 Å². The molecule has 0 bridgehead atoms. The van der Waals surface area contributed by atoms with Gasteiger partial charge in [-0.15, -0.1) is 0 Å². The lowest BCUT2D eigenvalue weighted by molar-refractivity contribution is 0.0586. The van der Waals surface area contributed by atoms with E-state index in [0.717, 1.165) is 25.9 Å². The van der Waals surface area contributed by atoms with E-state index >= 15 is 0 Å². The maximum absolute atomic E-state index is 12.4. The van der Waals surface area contributed by atoms with Gasteiger partial charge in [0.05, 0.1) is 0 Å². The Labute approximate surface area is 119 Å².